The molecular weight excluding hydrogens is 444 g/mol. The zero-order valence-corrected chi connectivity index (χ0v) is 21.6. The minimum atomic E-state index is 0.180. The lowest BCUT2D eigenvalue weighted by molar-refractivity contribution is 0.0672. The maximum Gasteiger partial charge on any atom is 0.264 e. The van der Waals surface area contributed by atoms with Crippen molar-refractivity contribution < 1.29 is 4.79 Å². The third kappa shape index (κ3) is 4.14. The third-order valence-electron chi connectivity index (χ3n) is 6.96. The molecule has 0 radical (unpaired) electrons. The second kappa shape index (κ2) is 9.15. The number of amides is 1. The van der Waals surface area contributed by atoms with Gasteiger partial charge in [0, 0.05) is 30.9 Å². The standard InChI is InChI=1S/C26H34N6OS/c1-16(2)22-23(18-12-17(3)25-27-15-28-32(25)14-18)29-20-13-21(34-24(20)22)26(33)31(11-10-30(4)5)19-8-6-7-9-19/h12-16,19,29H,6-11H2,1-5H3. The molecular formula is C26H34N6OS. The van der Waals surface area contributed by atoms with E-state index >= 15 is 0 Å². The predicted octanol–water partition coefficient (Wildman–Crippen LogP) is 5.32. The van der Waals surface area contributed by atoms with Crippen LogP contribution >= 0.6 is 11.3 Å². The summed E-state index contributed by atoms with van der Waals surface area (Å²) in [6.45, 7) is 8.17. The van der Waals surface area contributed by atoms with Crippen LogP contribution in [0.25, 0.3) is 27.1 Å². The van der Waals surface area contributed by atoms with Crippen molar-refractivity contribution in [1.29, 1.82) is 0 Å². The highest BCUT2D eigenvalue weighted by molar-refractivity contribution is 7.21. The molecule has 1 amide bonds. The number of hydrogen-bond donors (Lipinski definition) is 1. The number of H-pyrrole nitrogens is 1. The SMILES string of the molecule is Cc1cc(-c2[nH]c3cc(C(=O)N(CCN(C)C)C4CCCC4)sc3c2C(C)C)cn2ncnc12. The van der Waals surface area contributed by atoms with Gasteiger partial charge in [0.05, 0.1) is 20.8 Å². The van der Waals surface area contributed by atoms with E-state index < -0.39 is 0 Å². The van der Waals surface area contributed by atoms with E-state index in [1.54, 1.807) is 17.7 Å². The number of aromatic amines is 1. The quantitative estimate of drug-likeness (QED) is 0.390. The zero-order valence-electron chi connectivity index (χ0n) is 20.8. The molecule has 8 heteroatoms. The largest absolute Gasteiger partial charge is 0.354 e. The summed E-state index contributed by atoms with van der Waals surface area (Å²) in [6, 6.07) is 4.60. The summed E-state index contributed by atoms with van der Waals surface area (Å²) in [4.78, 5) is 26.8. The van der Waals surface area contributed by atoms with Gasteiger partial charge in [0.15, 0.2) is 5.65 Å². The Labute approximate surface area is 204 Å². The van der Waals surface area contributed by atoms with Crippen LogP contribution in [0, 0.1) is 6.92 Å². The molecule has 1 N–H and O–H groups in total. The van der Waals surface area contributed by atoms with Crippen LogP contribution in [0.2, 0.25) is 0 Å². The van der Waals surface area contributed by atoms with Crippen LogP contribution in [-0.2, 0) is 0 Å². The third-order valence-corrected chi connectivity index (χ3v) is 8.11. The molecule has 7 nitrogen and oxygen atoms in total. The number of pyridine rings is 1. The Morgan fingerprint density at radius 3 is 2.71 bits per heavy atom. The maximum absolute atomic E-state index is 13.7. The van der Waals surface area contributed by atoms with Gasteiger partial charge in [-0.2, -0.15) is 5.10 Å². The van der Waals surface area contributed by atoms with Gasteiger partial charge >= 0.3 is 0 Å². The Hall–Kier alpha value is -2.71. The van der Waals surface area contributed by atoms with Gasteiger partial charge in [-0.05, 0) is 63.0 Å². The first-order chi connectivity index (χ1) is 16.3. The first-order valence-corrected chi connectivity index (χ1v) is 13.1. The number of aryl methyl sites for hydroxylation is 1. The average molecular weight is 479 g/mol. The van der Waals surface area contributed by atoms with Crippen LogP contribution < -0.4 is 0 Å². The summed E-state index contributed by atoms with van der Waals surface area (Å²) in [5.74, 6) is 0.497. The van der Waals surface area contributed by atoms with E-state index in [2.05, 4.69) is 71.9 Å². The zero-order chi connectivity index (χ0) is 24.0. The van der Waals surface area contributed by atoms with Crippen molar-refractivity contribution in [3.63, 3.8) is 0 Å². The molecule has 0 atom stereocenters. The molecule has 1 saturated carbocycles. The van der Waals surface area contributed by atoms with E-state index in [0.29, 0.717) is 12.0 Å². The summed E-state index contributed by atoms with van der Waals surface area (Å²) in [7, 11) is 4.14. The number of nitrogens with one attached hydrogen (secondary N) is 1. The van der Waals surface area contributed by atoms with Crippen molar-refractivity contribution in [3.05, 3.63) is 40.7 Å². The molecule has 0 aliphatic heterocycles. The van der Waals surface area contributed by atoms with Crippen molar-refractivity contribution in [3.8, 4) is 11.3 Å². The van der Waals surface area contributed by atoms with Gasteiger partial charge in [0.25, 0.3) is 5.91 Å². The van der Waals surface area contributed by atoms with E-state index in [4.69, 9.17) is 0 Å². The maximum atomic E-state index is 13.7. The van der Waals surface area contributed by atoms with Crippen LogP contribution in [0.5, 0.6) is 0 Å². The van der Waals surface area contributed by atoms with Crippen molar-refractivity contribution in [2.24, 2.45) is 0 Å². The van der Waals surface area contributed by atoms with Crippen molar-refractivity contribution in [1.82, 2.24) is 29.4 Å². The average Bonchev–Trinajstić information content (AvgIpc) is 3.55. The Morgan fingerprint density at radius 2 is 2.00 bits per heavy atom. The fourth-order valence-corrected chi connectivity index (χ4v) is 6.50. The Bertz CT molecular complexity index is 1320. The van der Waals surface area contributed by atoms with E-state index in [0.717, 1.165) is 58.8 Å². The molecule has 0 spiro atoms. The lowest BCUT2D eigenvalue weighted by Gasteiger charge is -2.29. The molecule has 0 unspecified atom stereocenters. The molecule has 180 valence electrons. The molecule has 0 bridgehead atoms. The number of fused-ring (bicyclic) bond motifs is 2. The molecule has 0 aromatic carbocycles. The van der Waals surface area contributed by atoms with E-state index in [1.165, 1.54) is 23.1 Å². The second-order valence-corrected chi connectivity index (χ2v) is 11.2. The van der Waals surface area contributed by atoms with Crippen LogP contribution in [0.15, 0.2) is 24.7 Å². The normalized spacial score (nSPS) is 14.9. The number of rotatable bonds is 7. The van der Waals surface area contributed by atoms with Gasteiger partial charge in [-0.1, -0.05) is 26.7 Å². The first-order valence-electron chi connectivity index (χ1n) is 12.2. The number of likely N-dealkylation sites (N-methyl/N-ethyl adjacent to an activating group) is 1. The van der Waals surface area contributed by atoms with Crippen LogP contribution in [0.1, 0.15) is 66.2 Å². The molecule has 4 aromatic rings. The van der Waals surface area contributed by atoms with Gasteiger partial charge in [0.2, 0.25) is 0 Å². The Balaban J connectivity index is 1.53. The van der Waals surface area contributed by atoms with Crippen LogP contribution in [-0.4, -0.2) is 68.5 Å². The molecule has 4 heterocycles. The van der Waals surface area contributed by atoms with E-state index in [-0.39, 0.29) is 5.91 Å². The highest BCUT2D eigenvalue weighted by atomic mass is 32.1. The van der Waals surface area contributed by atoms with Gasteiger partial charge in [-0.15, -0.1) is 11.3 Å². The summed E-state index contributed by atoms with van der Waals surface area (Å²) in [6.07, 6.45) is 8.30. The number of aromatic nitrogens is 4. The summed E-state index contributed by atoms with van der Waals surface area (Å²) >= 11 is 1.64. The van der Waals surface area contributed by atoms with Gasteiger partial charge < -0.3 is 14.8 Å². The van der Waals surface area contributed by atoms with E-state index in [9.17, 15) is 4.79 Å². The molecule has 1 aliphatic carbocycles. The van der Waals surface area contributed by atoms with Crippen molar-refractivity contribution in [2.45, 2.75) is 58.4 Å². The second-order valence-electron chi connectivity index (χ2n) is 10.1. The number of carbonyl (C=O) groups is 1. The number of nitrogens with zero attached hydrogens (tertiary/aromatic N) is 5. The van der Waals surface area contributed by atoms with Crippen LogP contribution in [0.4, 0.5) is 0 Å². The Kier molecular flexibility index (Phi) is 6.20. The van der Waals surface area contributed by atoms with Gasteiger partial charge in [-0.3, -0.25) is 4.79 Å². The number of carbonyl (C=O) groups excluding carboxylic acids is 1. The summed E-state index contributed by atoms with van der Waals surface area (Å²) in [5.41, 5.74) is 6.47. The molecule has 0 saturated heterocycles. The summed E-state index contributed by atoms with van der Waals surface area (Å²) in [5, 5.41) is 4.35. The lowest BCUT2D eigenvalue weighted by atomic mass is 9.99. The van der Waals surface area contributed by atoms with Gasteiger partial charge in [-0.25, -0.2) is 9.50 Å². The monoisotopic (exact) mass is 478 g/mol. The fourth-order valence-electron chi connectivity index (χ4n) is 5.23. The van der Waals surface area contributed by atoms with Crippen molar-refractivity contribution >= 4 is 33.1 Å². The highest BCUT2D eigenvalue weighted by Crippen LogP contribution is 2.40. The number of hydrogen-bond acceptors (Lipinski definition) is 5. The van der Waals surface area contributed by atoms with Crippen molar-refractivity contribution in [2.75, 3.05) is 27.2 Å². The van der Waals surface area contributed by atoms with Gasteiger partial charge in [0.1, 0.15) is 6.33 Å². The van der Waals surface area contributed by atoms with Crippen LogP contribution in [0.3, 0.4) is 0 Å². The minimum Gasteiger partial charge on any atom is -0.354 e. The fraction of sp³-hybridized carbons (Fsp3) is 0.500. The molecule has 1 fully saturated rings. The Morgan fingerprint density at radius 1 is 1.24 bits per heavy atom. The molecule has 34 heavy (non-hydrogen) atoms. The first kappa shape index (κ1) is 23.1. The van der Waals surface area contributed by atoms with E-state index in [1.807, 2.05) is 10.7 Å². The number of thiophene rings is 1. The lowest BCUT2D eigenvalue weighted by Crippen LogP contribution is -2.42. The topological polar surface area (TPSA) is 69.5 Å². The highest BCUT2D eigenvalue weighted by Gasteiger charge is 2.29. The smallest absolute Gasteiger partial charge is 0.264 e. The molecule has 5 rings (SSSR count). The summed E-state index contributed by atoms with van der Waals surface area (Å²) < 4.78 is 3.02. The minimum absolute atomic E-state index is 0.180. The predicted molar refractivity (Wildman–Crippen MR) is 139 cm³/mol. The molecule has 4 aromatic heterocycles. The molecule has 1 aliphatic rings.